The number of amides is 1. The number of carbonyl (C=O) groups is 1. The molecule has 0 aromatic carbocycles. The van der Waals surface area contributed by atoms with Crippen molar-refractivity contribution in [3.05, 3.63) is 11.4 Å². The van der Waals surface area contributed by atoms with Crippen molar-refractivity contribution >= 4 is 5.91 Å². The first-order chi connectivity index (χ1) is 9.94. The molecule has 1 aliphatic carbocycles. The van der Waals surface area contributed by atoms with Crippen LogP contribution in [0.25, 0.3) is 4.85 Å². The fourth-order valence-corrected chi connectivity index (χ4v) is 4.27. The Morgan fingerprint density at radius 1 is 1.43 bits per heavy atom. The topological polar surface area (TPSA) is 54.1 Å². The Hall–Kier alpha value is -1.12. The summed E-state index contributed by atoms with van der Waals surface area (Å²) in [5.41, 5.74) is -0.639. The number of hydrogen-bond acceptors (Lipinski definition) is 3. The molecule has 2 heterocycles. The highest BCUT2D eigenvalue weighted by Gasteiger charge is 2.55. The molecule has 1 amide bonds. The van der Waals surface area contributed by atoms with Crippen molar-refractivity contribution < 1.29 is 14.6 Å². The minimum Gasteiger partial charge on any atom is -0.388 e. The molecular formula is C16H24N2O3. The van der Waals surface area contributed by atoms with E-state index in [-0.39, 0.29) is 30.0 Å². The number of aliphatic hydroxyl groups is 1. The van der Waals surface area contributed by atoms with Crippen LogP contribution in [0.5, 0.6) is 0 Å². The molecule has 5 nitrogen and oxygen atoms in total. The molecule has 2 saturated heterocycles. The van der Waals surface area contributed by atoms with Crippen LogP contribution < -0.4 is 0 Å². The maximum atomic E-state index is 12.2. The lowest BCUT2D eigenvalue weighted by atomic mass is 9.71. The fraction of sp³-hybridized carbons (Fsp3) is 0.875. The highest BCUT2D eigenvalue weighted by molar-refractivity contribution is 5.78. The Morgan fingerprint density at radius 2 is 2.19 bits per heavy atom. The summed E-state index contributed by atoms with van der Waals surface area (Å²) in [5, 5.41) is 10.8. The third kappa shape index (κ3) is 2.45. The number of rotatable bonds is 1. The standard InChI is InChI=1S/C16H24N2O3/c1-16(2)15(20)14(18-8-4-5-13(18)19)11-9-10(17-3)6-7-12(11)21-16/h10-12,14-15,20H,4-9H2,1-2H3/t10?,11?,12?,14?,15-/m1/s1. The third-order valence-electron chi connectivity index (χ3n) is 5.39. The first-order valence-electron chi connectivity index (χ1n) is 7.96. The summed E-state index contributed by atoms with van der Waals surface area (Å²) < 4.78 is 6.12. The molecule has 0 aromatic rings. The molecule has 0 spiro atoms. The molecule has 3 rings (SSSR count). The number of nitrogens with zero attached hydrogens (tertiary/aromatic N) is 2. The van der Waals surface area contributed by atoms with Crippen LogP contribution in [0.4, 0.5) is 0 Å². The maximum Gasteiger partial charge on any atom is 0.224 e. The number of fused-ring (bicyclic) bond motifs is 1. The molecule has 1 N–H and O–H groups in total. The zero-order valence-electron chi connectivity index (χ0n) is 12.8. The lowest BCUT2D eigenvalue weighted by molar-refractivity contribution is -0.231. The van der Waals surface area contributed by atoms with Gasteiger partial charge in [0.25, 0.3) is 0 Å². The van der Waals surface area contributed by atoms with E-state index in [0.717, 1.165) is 32.2 Å². The van der Waals surface area contributed by atoms with E-state index < -0.39 is 11.7 Å². The van der Waals surface area contributed by atoms with E-state index in [0.29, 0.717) is 6.42 Å². The fourth-order valence-electron chi connectivity index (χ4n) is 4.27. The molecule has 3 fully saturated rings. The molecule has 0 bridgehead atoms. The minimum absolute atomic E-state index is 0.00321. The highest BCUT2D eigenvalue weighted by Crippen LogP contribution is 2.44. The largest absolute Gasteiger partial charge is 0.388 e. The van der Waals surface area contributed by atoms with Crippen molar-refractivity contribution in [3.8, 4) is 0 Å². The SMILES string of the molecule is [C-]#[N+]C1CCC2OC(C)(C)[C@H](O)C(N3CCCC3=O)C2C1. The van der Waals surface area contributed by atoms with Gasteiger partial charge in [0.1, 0.15) is 6.10 Å². The zero-order valence-corrected chi connectivity index (χ0v) is 12.8. The van der Waals surface area contributed by atoms with E-state index in [1.807, 2.05) is 18.7 Å². The van der Waals surface area contributed by atoms with E-state index >= 15 is 0 Å². The quantitative estimate of drug-likeness (QED) is 0.747. The summed E-state index contributed by atoms with van der Waals surface area (Å²) in [6.45, 7) is 11.8. The van der Waals surface area contributed by atoms with Gasteiger partial charge in [-0.2, -0.15) is 0 Å². The molecule has 5 atom stereocenters. The normalized spacial score (nSPS) is 42.5. The second-order valence-corrected chi connectivity index (χ2v) is 7.15. The maximum absolute atomic E-state index is 12.2. The lowest BCUT2D eigenvalue weighted by Gasteiger charge is -2.53. The van der Waals surface area contributed by atoms with Crippen molar-refractivity contribution in [2.75, 3.05) is 6.54 Å². The van der Waals surface area contributed by atoms with Crippen LogP contribution >= 0.6 is 0 Å². The van der Waals surface area contributed by atoms with Gasteiger partial charge in [0.2, 0.25) is 11.9 Å². The van der Waals surface area contributed by atoms with Crippen molar-refractivity contribution in [3.63, 3.8) is 0 Å². The van der Waals surface area contributed by atoms with Crippen molar-refractivity contribution in [1.82, 2.24) is 4.90 Å². The Morgan fingerprint density at radius 3 is 2.81 bits per heavy atom. The van der Waals surface area contributed by atoms with Gasteiger partial charge >= 0.3 is 0 Å². The summed E-state index contributed by atoms with van der Waals surface area (Å²) in [7, 11) is 0. The number of ether oxygens (including phenoxy) is 1. The molecule has 21 heavy (non-hydrogen) atoms. The average Bonchev–Trinajstić information content (AvgIpc) is 2.86. The number of hydrogen-bond donors (Lipinski definition) is 1. The first kappa shape index (κ1) is 14.8. The second-order valence-electron chi connectivity index (χ2n) is 7.15. The Labute approximate surface area is 126 Å². The molecule has 2 aliphatic heterocycles. The average molecular weight is 292 g/mol. The highest BCUT2D eigenvalue weighted by atomic mass is 16.5. The van der Waals surface area contributed by atoms with Crippen LogP contribution in [0.2, 0.25) is 0 Å². The van der Waals surface area contributed by atoms with Gasteiger partial charge in [-0.15, -0.1) is 0 Å². The lowest BCUT2D eigenvalue weighted by Crippen LogP contribution is -2.66. The van der Waals surface area contributed by atoms with Gasteiger partial charge in [0.05, 0.1) is 17.7 Å². The minimum atomic E-state index is -0.690. The predicted octanol–water partition coefficient (Wildman–Crippen LogP) is 1.60. The number of likely N-dealkylation sites (tertiary alicyclic amines) is 1. The summed E-state index contributed by atoms with van der Waals surface area (Å²) in [4.78, 5) is 17.7. The van der Waals surface area contributed by atoms with Crippen molar-refractivity contribution in [1.29, 1.82) is 0 Å². The van der Waals surface area contributed by atoms with Crippen LogP contribution in [-0.2, 0) is 9.53 Å². The molecule has 1 saturated carbocycles. The molecular weight excluding hydrogens is 268 g/mol. The Kier molecular flexibility index (Phi) is 3.71. The molecule has 5 heteroatoms. The molecule has 3 aliphatic rings. The summed E-state index contributed by atoms with van der Waals surface area (Å²) in [6.07, 6.45) is 3.26. The molecule has 0 radical (unpaired) electrons. The Bertz CT molecular complexity index is 471. The van der Waals surface area contributed by atoms with Crippen LogP contribution in [0.1, 0.15) is 46.0 Å². The van der Waals surface area contributed by atoms with Crippen molar-refractivity contribution in [2.45, 2.75) is 75.8 Å². The summed E-state index contributed by atoms with van der Waals surface area (Å²) in [5.74, 6) is 0.225. The van der Waals surface area contributed by atoms with Crippen molar-refractivity contribution in [2.24, 2.45) is 5.92 Å². The van der Waals surface area contributed by atoms with Gasteiger partial charge in [-0.25, -0.2) is 6.57 Å². The number of aliphatic hydroxyl groups excluding tert-OH is 1. The molecule has 116 valence electrons. The van der Waals surface area contributed by atoms with Gasteiger partial charge in [-0.3, -0.25) is 4.79 Å². The van der Waals surface area contributed by atoms with E-state index in [4.69, 9.17) is 11.3 Å². The van der Waals surface area contributed by atoms with E-state index in [1.165, 1.54) is 0 Å². The first-order valence-corrected chi connectivity index (χ1v) is 7.96. The van der Waals surface area contributed by atoms with Gasteiger partial charge < -0.3 is 19.6 Å². The summed E-state index contributed by atoms with van der Waals surface area (Å²) in [6, 6.07) is -0.193. The van der Waals surface area contributed by atoms with Crippen LogP contribution in [0.15, 0.2) is 0 Å². The van der Waals surface area contributed by atoms with Crippen LogP contribution in [0.3, 0.4) is 0 Å². The molecule has 0 aromatic heterocycles. The monoisotopic (exact) mass is 292 g/mol. The van der Waals surface area contributed by atoms with E-state index in [2.05, 4.69) is 4.85 Å². The van der Waals surface area contributed by atoms with E-state index in [1.54, 1.807) is 0 Å². The third-order valence-corrected chi connectivity index (χ3v) is 5.39. The van der Waals surface area contributed by atoms with Gasteiger partial charge in [-0.1, -0.05) is 0 Å². The van der Waals surface area contributed by atoms with Gasteiger partial charge in [0, 0.05) is 31.7 Å². The Balaban J connectivity index is 1.91. The molecule has 4 unspecified atom stereocenters. The van der Waals surface area contributed by atoms with Crippen LogP contribution in [0, 0.1) is 12.5 Å². The van der Waals surface area contributed by atoms with Gasteiger partial charge in [-0.05, 0) is 26.7 Å². The predicted molar refractivity (Wildman–Crippen MR) is 77.4 cm³/mol. The zero-order chi connectivity index (χ0) is 15.2. The second kappa shape index (κ2) is 5.26. The summed E-state index contributed by atoms with van der Waals surface area (Å²) >= 11 is 0. The smallest absolute Gasteiger partial charge is 0.224 e. The van der Waals surface area contributed by atoms with E-state index in [9.17, 15) is 9.90 Å². The van der Waals surface area contributed by atoms with Crippen LogP contribution in [-0.4, -0.2) is 52.4 Å². The number of carbonyl (C=O) groups excluding carboxylic acids is 1. The van der Waals surface area contributed by atoms with Gasteiger partial charge in [0.15, 0.2) is 0 Å².